The highest BCUT2D eigenvalue weighted by molar-refractivity contribution is 7.99. The van der Waals surface area contributed by atoms with E-state index in [2.05, 4.69) is 20.5 Å². The second-order valence-electron chi connectivity index (χ2n) is 4.38. The first kappa shape index (κ1) is 12.6. The van der Waals surface area contributed by atoms with E-state index in [4.69, 9.17) is 11.6 Å². The lowest BCUT2D eigenvalue weighted by Crippen LogP contribution is -1.96. The number of benzene rings is 2. The van der Waals surface area contributed by atoms with E-state index >= 15 is 0 Å². The van der Waals surface area contributed by atoms with Crippen LogP contribution in [0.2, 0.25) is 5.02 Å². The highest BCUT2D eigenvalue weighted by atomic mass is 35.5. The second kappa shape index (κ2) is 4.98. The number of hydrogen-bond donors (Lipinski definition) is 0. The molecule has 0 N–H and O–H groups in total. The van der Waals surface area contributed by atoms with Crippen LogP contribution in [0.1, 0.15) is 0 Å². The smallest absolute Gasteiger partial charge is 0.202 e. The van der Waals surface area contributed by atoms with Crippen LogP contribution in [0.3, 0.4) is 0 Å². The summed E-state index contributed by atoms with van der Waals surface area (Å²) in [6.07, 6.45) is 0. The highest BCUT2D eigenvalue weighted by Crippen LogP contribution is 2.32. The van der Waals surface area contributed by atoms with Gasteiger partial charge in [-0.3, -0.25) is 0 Å². The van der Waals surface area contributed by atoms with Gasteiger partial charge >= 0.3 is 0 Å². The minimum atomic E-state index is 0.491. The monoisotopic (exact) mass is 313 g/mol. The third kappa shape index (κ3) is 2.22. The maximum absolute atomic E-state index is 5.92. The number of aromatic nitrogens is 5. The van der Waals surface area contributed by atoms with Gasteiger partial charge in [-0.2, -0.15) is 4.52 Å². The zero-order valence-electron chi connectivity index (χ0n) is 10.6. The average molecular weight is 314 g/mol. The van der Waals surface area contributed by atoms with Crippen LogP contribution in [0.5, 0.6) is 0 Å². The van der Waals surface area contributed by atoms with Gasteiger partial charge in [0, 0.05) is 15.3 Å². The van der Waals surface area contributed by atoms with Crippen molar-refractivity contribution in [2.24, 2.45) is 0 Å². The van der Waals surface area contributed by atoms with Gasteiger partial charge in [0.05, 0.1) is 5.52 Å². The minimum absolute atomic E-state index is 0.491. The van der Waals surface area contributed by atoms with E-state index in [0.29, 0.717) is 10.8 Å². The summed E-state index contributed by atoms with van der Waals surface area (Å²) in [5, 5.41) is 14.2. The van der Waals surface area contributed by atoms with Crippen molar-refractivity contribution in [3.05, 3.63) is 53.6 Å². The quantitative estimate of drug-likeness (QED) is 0.530. The molecule has 0 fully saturated rings. The highest BCUT2D eigenvalue weighted by Gasteiger charge is 2.11. The van der Waals surface area contributed by atoms with Gasteiger partial charge in [-0.15, -0.1) is 0 Å². The van der Waals surface area contributed by atoms with Crippen molar-refractivity contribution in [1.82, 2.24) is 25.0 Å². The molecule has 102 valence electrons. The van der Waals surface area contributed by atoms with Gasteiger partial charge in [0.15, 0.2) is 0 Å². The molecule has 0 saturated heterocycles. The molecule has 0 saturated carbocycles. The normalized spacial score (nSPS) is 11.3. The average Bonchev–Trinajstić information content (AvgIpc) is 2.98. The van der Waals surface area contributed by atoms with Crippen LogP contribution in [0.25, 0.3) is 16.7 Å². The fourth-order valence-corrected chi connectivity index (χ4v) is 3.12. The van der Waals surface area contributed by atoms with Crippen LogP contribution < -0.4 is 0 Å². The van der Waals surface area contributed by atoms with Crippen LogP contribution in [0, 0.1) is 0 Å². The molecule has 0 atom stereocenters. The van der Waals surface area contributed by atoms with Crippen molar-refractivity contribution >= 4 is 40.0 Å². The first-order chi connectivity index (χ1) is 10.3. The maximum atomic E-state index is 5.92. The topological polar surface area (TPSA) is 56.0 Å². The van der Waals surface area contributed by atoms with Crippen molar-refractivity contribution < 1.29 is 0 Å². The van der Waals surface area contributed by atoms with Gasteiger partial charge in [0.1, 0.15) is 5.03 Å². The Kier molecular flexibility index (Phi) is 2.98. The lowest BCUT2D eigenvalue weighted by atomic mass is 10.2. The fraction of sp³-hybridized carbons (Fsp3) is 0. The second-order valence-corrected chi connectivity index (χ2v) is 5.88. The molecule has 0 bridgehead atoms. The zero-order chi connectivity index (χ0) is 14.2. The predicted octanol–water partition coefficient (Wildman–Crippen LogP) is 3.48. The molecule has 4 rings (SSSR count). The molecule has 0 aliphatic heterocycles. The standard InChI is InChI=1S/C14H8ClN5S/c15-9-5-7-10(8-6-9)21-13-11-3-1-2-4-12(11)20-14(16-13)17-18-19-20/h1-8H. The molecule has 4 aromatic rings. The van der Waals surface area contributed by atoms with Gasteiger partial charge in [0.2, 0.25) is 0 Å². The number of hydrogen-bond acceptors (Lipinski definition) is 5. The summed E-state index contributed by atoms with van der Waals surface area (Å²) in [5.74, 6) is 0.491. The van der Waals surface area contributed by atoms with Gasteiger partial charge in [-0.1, -0.05) is 46.7 Å². The summed E-state index contributed by atoms with van der Waals surface area (Å²) in [6.45, 7) is 0. The number of para-hydroxylation sites is 1. The molecule has 7 heteroatoms. The van der Waals surface area contributed by atoms with Crippen LogP contribution in [-0.2, 0) is 0 Å². The Bertz CT molecular complexity index is 935. The Morgan fingerprint density at radius 1 is 1.00 bits per heavy atom. The summed E-state index contributed by atoms with van der Waals surface area (Å²) >= 11 is 7.48. The molecule has 0 aliphatic carbocycles. The number of fused-ring (bicyclic) bond motifs is 3. The molecule has 0 amide bonds. The number of nitrogens with zero attached hydrogens (tertiary/aromatic N) is 5. The Morgan fingerprint density at radius 3 is 2.67 bits per heavy atom. The zero-order valence-corrected chi connectivity index (χ0v) is 12.2. The van der Waals surface area contributed by atoms with Crippen molar-refractivity contribution in [3.8, 4) is 0 Å². The number of rotatable bonds is 2. The van der Waals surface area contributed by atoms with Crippen LogP contribution in [0.4, 0.5) is 0 Å². The SMILES string of the molecule is Clc1ccc(Sc2nc3nnnn3c3ccccc23)cc1. The molecular weight excluding hydrogens is 306 g/mol. The van der Waals surface area contributed by atoms with Crippen molar-refractivity contribution in [3.63, 3.8) is 0 Å². The molecule has 2 aromatic carbocycles. The summed E-state index contributed by atoms with van der Waals surface area (Å²) < 4.78 is 1.64. The third-order valence-electron chi connectivity index (χ3n) is 3.05. The summed E-state index contributed by atoms with van der Waals surface area (Å²) in [7, 11) is 0. The summed E-state index contributed by atoms with van der Waals surface area (Å²) in [6, 6.07) is 15.6. The summed E-state index contributed by atoms with van der Waals surface area (Å²) in [4.78, 5) is 5.60. The molecule has 0 aliphatic rings. The molecule has 2 aromatic heterocycles. The van der Waals surface area contributed by atoms with Crippen molar-refractivity contribution in [1.29, 1.82) is 0 Å². The largest absolute Gasteiger partial charge is 0.275 e. The van der Waals surface area contributed by atoms with E-state index in [1.165, 1.54) is 0 Å². The molecule has 0 spiro atoms. The Balaban J connectivity index is 1.91. The van der Waals surface area contributed by atoms with Gasteiger partial charge in [-0.25, -0.2) is 4.98 Å². The molecule has 5 nitrogen and oxygen atoms in total. The van der Waals surface area contributed by atoms with E-state index in [1.807, 2.05) is 48.5 Å². The van der Waals surface area contributed by atoms with Crippen LogP contribution >= 0.6 is 23.4 Å². The number of halogens is 1. The van der Waals surface area contributed by atoms with E-state index in [1.54, 1.807) is 16.3 Å². The molecule has 0 radical (unpaired) electrons. The van der Waals surface area contributed by atoms with E-state index in [9.17, 15) is 0 Å². The first-order valence-corrected chi connectivity index (χ1v) is 7.41. The first-order valence-electron chi connectivity index (χ1n) is 6.21. The molecular formula is C14H8ClN5S. The van der Waals surface area contributed by atoms with Crippen molar-refractivity contribution in [2.45, 2.75) is 9.92 Å². The van der Waals surface area contributed by atoms with E-state index in [-0.39, 0.29) is 0 Å². The molecule has 0 unspecified atom stereocenters. The lowest BCUT2D eigenvalue weighted by Gasteiger charge is -2.06. The van der Waals surface area contributed by atoms with Crippen LogP contribution in [-0.4, -0.2) is 25.0 Å². The van der Waals surface area contributed by atoms with Crippen molar-refractivity contribution in [2.75, 3.05) is 0 Å². The molecule has 2 heterocycles. The maximum Gasteiger partial charge on any atom is 0.275 e. The molecule has 21 heavy (non-hydrogen) atoms. The Hall–Kier alpha value is -2.18. The van der Waals surface area contributed by atoms with Crippen LogP contribution in [0.15, 0.2) is 58.5 Å². The third-order valence-corrected chi connectivity index (χ3v) is 4.31. The van der Waals surface area contributed by atoms with E-state index in [0.717, 1.165) is 20.8 Å². The van der Waals surface area contributed by atoms with Gasteiger partial charge in [0.25, 0.3) is 5.78 Å². The van der Waals surface area contributed by atoms with E-state index < -0.39 is 0 Å². The fourth-order valence-electron chi connectivity index (χ4n) is 2.09. The minimum Gasteiger partial charge on any atom is -0.202 e. The predicted molar refractivity (Wildman–Crippen MR) is 81.7 cm³/mol. The Morgan fingerprint density at radius 2 is 1.81 bits per heavy atom. The lowest BCUT2D eigenvalue weighted by molar-refractivity contribution is 0.839. The van der Waals surface area contributed by atoms with Gasteiger partial charge < -0.3 is 0 Å². The Labute approximate surface area is 128 Å². The van der Waals surface area contributed by atoms with Gasteiger partial charge in [-0.05, 0) is 40.8 Å². The summed E-state index contributed by atoms with van der Waals surface area (Å²) in [5.41, 5.74) is 0.934. The number of tetrazole rings is 1.